The van der Waals surface area contributed by atoms with E-state index in [2.05, 4.69) is 30.7 Å². The lowest BCUT2D eigenvalue weighted by atomic mass is 10.2. The summed E-state index contributed by atoms with van der Waals surface area (Å²) in [5.74, 6) is 2.62. The van der Waals surface area contributed by atoms with E-state index in [0.29, 0.717) is 0 Å². The Morgan fingerprint density at radius 2 is 1.83 bits per heavy atom. The molecule has 0 aromatic heterocycles. The fourth-order valence-corrected chi connectivity index (χ4v) is 0.862. The Hall–Kier alpha value is -0.920. The van der Waals surface area contributed by atoms with E-state index in [9.17, 15) is 0 Å². The van der Waals surface area contributed by atoms with Crippen molar-refractivity contribution < 1.29 is 0 Å². The minimum Gasteiger partial charge on any atom is -0.130 e. The van der Waals surface area contributed by atoms with Crippen LogP contribution in [0.5, 0.6) is 0 Å². The first-order chi connectivity index (χ1) is 5.91. The van der Waals surface area contributed by atoms with Crippen molar-refractivity contribution in [2.45, 2.75) is 45.4 Å². The van der Waals surface area contributed by atoms with Crippen molar-refractivity contribution in [1.29, 1.82) is 0 Å². The van der Waals surface area contributed by atoms with Crippen LogP contribution in [0.3, 0.4) is 0 Å². The quantitative estimate of drug-likeness (QED) is 0.317. The molecule has 0 saturated carbocycles. The molecule has 0 rings (SSSR count). The molecule has 0 heterocycles. The van der Waals surface area contributed by atoms with Gasteiger partial charge in [-0.05, 0) is 37.8 Å². The van der Waals surface area contributed by atoms with Crippen LogP contribution in [0.1, 0.15) is 45.4 Å². The second-order valence-electron chi connectivity index (χ2n) is 2.81. The van der Waals surface area contributed by atoms with Crippen LogP contribution in [0.4, 0.5) is 0 Å². The Balaban J connectivity index is 3.23. The Morgan fingerprint density at radius 3 is 2.42 bits per heavy atom. The molecule has 0 nitrogen and oxygen atoms in total. The zero-order chi connectivity index (χ0) is 9.07. The minimum absolute atomic E-state index is 0.882. The van der Waals surface area contributed by atoms with Crippen LogP contribution < -0.4 is 0 Å². The van der Waals surface area contributed by atoms with Crippen molar-refractivity contribution >= 4 is 0 Å². The summed E-state index contributed by atoms with van der Waals surface area (Å²) in [6, 6.07) is 0. The van der Waals surface area contributed by atoms with Crippen molar-refractivity contribution in [1.82, 2.24) is 0 Å². The highest BCUT2D eigenvalue weighted by molar-refractivity contribution is 4.88. The SMILES string of the molecule is C#CCCCC=C=CCCCC. The number of hydrogen-bond donors (Lipinski definition) is 0. The average molecular weight is 162 g/mol. The molecule has 12 heavy (non-hydrogen) atoms. The lowest BCUT2D eigenvalue weighted by Gasteiger charge is -1.85. The Labute approximate surface area is 76.4 Å². The van der Waals surface area contributed by atoms with Crippen LogP contribution >= 0.6 is 0 Å². The molecule has 0 aromatic carbocycles. The number of hydrogen-bond acceptors (Lipinski definition) is 0. The fourth-order valence-electron chi connectivity index (χ4n) is 0.862. The zero-order valence-corrected chi connectivity index (χ0v) is 7.97. The van der Waals surface area contributed by atoms with Crippen LogP contribution in [0.15, 0.2) is 17.9 Å². The van der Waals surface area contributed by atoms with E-state index in [1.54, 1.807) is 0 Å². The predicted octanol–water partition coefficient (Wildman–Crippen LogP) is 3.69. The van der Waals surface area contributed by atoms with Gasteiger partial charge in [0.25, 0.3) is 0 Å². The smallest absolute Gasteiger partial charge is 0.00892 e. The Bertz CT molecular complexity index is 175. The summed E-state index contributed by atoms with van der Waals surface area (Å²) >= 11 is 0. The molecular formula is C12H18. The molecule has 0 unspecified atom stereocenters. The molecule has 0 amide bonds. The zero-order valence-electron chi connectivity index (χ0n) is 7.97. The molecule has 0 radical (unpaired) electrons. The van der Waals surface area contributed by atoms with E-state index in [1.807, 2.05) is 0 Å². The van der Waals surface area contributed by atoms with Gasteiger partial charge in [-0.3, -0.25) is 0 Å². The van der Waals surface area contributed by atoms with Crippen molar-refractivity contribution in [3.8, 4) is 12.3 Å². The van der Waals surface area contributed by atoms with E-state index >= 15 is 0 Å². The van der Waals surface area contributed by atoms with Gasteiger partial charge in [0.1, 0.15) is 0 Å². The van der Waals surface area contributed by atoms with Gasteiger partial charge in [-0.15, -0.1) is 18.1 Å². The largest absolute Gasteiger partial charge is 0.130 e. The monoisotopic (exact) mass is 162 g/mol. The molecule has 0 aromatic rings. The first-order valence-corrected chi connectivity index (χ1v) is 4.74. The summed E-state index contributed by atoms with van der Waals surface area (Å²) in [7, 11) is 0. The summed E-state index contributed by atoms with van der Waals surface area (Å²) in [4.78, 5) is 0. The van der Waals surface area contributed by atoms with E-state index in [0.717, 1.165) is 25.7 Å². The summed E-state index contributed by atoms with van der Waals surface area (Å²) in [6.07, 6.45) is 16.0. The maximum absolute atomic E-state index is 5.12. The van der Waals surface area contributed by atoms with Gasteiger partial charge in [0.15, 0.2) is 0 Å². The molecule has 0 atom stereocenters. The maximum atomic E-state index is 5.12. The molecule has 0 aliphatic heterocycles. The van der Waals surface area contributed by atoms with Crippen LogP contribution in [0.2, 0.25) is 0 Å². The second kappa shape index (κ2) is 10.1. The molecule has 0 aliphatic rings. The van der Waals surface area contributed by atoms with Crippen molar-refractivity contribution in [2.24, 2.45) is 0 Å². The standard InChI is InChI=1S/C12H18/c1-3-5-7-9-11-12-10-8-6-4-2/h1,10-11H,4-9H2,2H3. The van der Waals surface area contributed by atoms with Crippen molar-refractivity contribution in [3.63, 3.8) is 0 Å². The number of allylic oxidation sites excluding steroid dienone is 1. The lowest BCUT2D eigenvalue weighted by Crippen LogP contribution is -1.67. The Kier molecular flexibility index (Phi) is 9.31. The van der Waals surface area contributed by atoms with E-state index in [4.69, 9.17) is 6.42 Å². The van der Waals surface area contributed by atoms with Gasteiger partial charge in [0.05, 0.1) is 0 Å². The third kappa shape index (κ3) is 9.08. The molecule has 0 N–H and O–H groups in total. The molecule has 0 heteroatoms. The summed E-state index contributed by atoms with van der Waals surface area (Å²) in [5, 5.41) is 0. The predicted molar refractivity (Wildman–Crippen MR) is 54.9 cm³/mol. The van der Waals surface area contributed by atoms with Crippen LogP contribution in [-0.4, -0.2) is 0 Å². The number of rotatable bonds is 6. The fraction of sp³-hybridized carbons (Fsp3) is 0.583. The van der Waals surface area contributed by atoms with E-state index in [1.165, 1.54) is 12.8 Å². The van der Waals surface area contributed by atoms with Gasteiger partial charge in [-0.1, -0.05) is 13.3 Å². The Morgan fingerprint density at radius 1 is 1.17 bits per heavy atom. The summed E-state index contributed by atoms with van der Waals surface area (Å²) in [6.45, 7) is 2.20. The second-order valence-corrected chi connectivity index (χ2v) is 2.81. The van der Waals surface area contributed by atoms with Gasteiger partial charge in [0.2, 0.25) is 0 Å². The molecular weight excluding hydrogens is 144 g/mol. The molecule has 0 fully saturated rings. The van der Waals surface area contributed by atoms with Gasteiger partial charge in [0, 0.05) is 6.42 Å². The number of unbranched alkanes of at least 4 members (excludes halogenated alkanes) is 4. The summed E-state index contributed by atoms with van der Waals surface area (Å²) in [5.41, 5.74) is 3.16. The van der Waals surface area contributed by atoms with Gasteiger partial charge < -0.3 is 0 Å². The lowest BCUT2D eigenvalue weighted by molar-refractivity contribution is 0.815. The van der Waals surface area contributed by atoms with Crippen molar-refractivity contribution in [2.75, 3.05) is 0 Å². The normalized spacial score (nSPS) is 8.33. The van der Waals surface area contributed by atoms with Crippen molar-refractivity contribution in [3.05, 3.63) is 17.9 Å². The van der Waals surface area contributed by atoms with Crippen LogP contribution in [-0.2, 0) is 0 Å². The molecule has 0 saturated heterocycles. The highest BCUT2D eigenvalue weighted by Crippen LogP contribution is 1.96. The number of terminal acetylenes is 1. The third-order valence-corrected chi connectivity index (χ3v) is 1.61. The molecule has 66 valence electrons. The molecule has 0 aliphatic carbocycles. The first-order valence-electron chi connectivity index (χ1n) is 4.74. The van der Waals surface area contributed by atoms with Gasteiger partial charge >= 0.3 is 0 Å². The van der Waals surface area contributed by atoms with Crippen LogP contribution in [0.25, 0.3) is 0 Å². The topological polar surface area (TPSA) is 0 Å². The third-order valence-electron chi connectivity index (χ3n) is 1.61. The minimum atomic E-state index is 0.882. The molecule has 0 bridgehead atoms. The molecule has 0 spiro atoms. The average Bonchev–Trinajstić information content (AvgIpc) is 2.10. The highest BCUT2D eigenvalue weighted by Gasteiger charge is 1.78. The van der Waals surface area contributed by atoms with E-state index < -0.39 is 0 Å². The highest BCUT2D eigenvalue weighted by atomic mass is 13.8. The van der Waals surface area contributed by atoms with E-state index in [-0.39, 0.29) is 0 Å². The maximum Gasteiger partial charge on any atom is 0.00892 e. The van der Waals surface area contributed by atoms with Gasteiger partial charge in [-0.2, -0.15) is 0 Å². The van der Waals surface area contributed by atoms with Crippen LogP contribution in [0, 0.1) is 12.3 Å². The summed E-state index contributed by atoms with van der Waals surface area (Å²) < 4.78 is 0. The first kappa shape index (κ1) is 11.1. The van der Waals surface area contributed by atoms with Gasteiger partial charge in [-0.25, -0.2) is 0 Å².